The van der Waals surface area contributed by atoms with Gasteiger partial charge >= 0.3 is 17.9 Å². The van der Waals surface area contributed by atoms with Crippen molar-refractivity contribution in [3.05, 3.63) is 71.8 Å². The Kier molecular flexibility index (Phi) is 9.73. The van der Waals surface area contributed by atoms with Crippen LogP contribution in [-0.2, 0) is 28.7 Å². The zero-order valence-corrected chi connectivity index (χ0v) is 25.9. The van der Waals surface area contributed by atoms with Crippen molar-refractivity contribution < 1.29 is 33.8 Å². The number of carbonyl (C=O) groups excluding carboxylic acids is 3. The summed E-state index contributed by atoms with van der Waals surface area (Å²) >= 11 is 0. The van der Waals surface area contributed by atoms with Crippen molar-refractivity contribution in [1.29, 1.82) is 0 Å². The minimum absolute atomic E-state index is 0.0464. The molecule has 2 heterocycles. The van der Waals surface area contributed by atoms with E-state index in [-0.39, 0.29) is 30.8 Å². The molecule has 2 N–H and O–H groups in total. The second-order valence-electron chi connectivity index (χ2n) is 13.1. The Hall–Kier alpha value is -3.72. The zero-order valence-electron chi connectivity index (χ0n) is 25.9. The summed E-state index contributed by atoms with van der Waals surface area (Å²) in [6.45, 7) is 6.48. The molecule has 44 heavy (non-hydrogen) atoms. The lowest BCUT2D eigenvalue weighted by Gasteiger charge is -2.38. The Bertz CT molecular complexity index is 1330. The first-order chi connectivity index (χ1) is 21.1. The van der Waals surface area contributed by atoms with Crippen LogP contribution in [0.1, 0.15) is 76.1 Å². The smallest absolute Gasteiger partial charge is 0.328 e. The Labute approximate surface area is 259 Å². The molecule has 1 saturated carbocycles. The first-order valence-corrected chi connectivity index (χ1v) is 15.8. The average Bonchev–Trinajstić information content (AvgIpc) is 3.65. The summed E-state index contributed by atoms with van der Waals surface area (Å²) in [5.74, 6) is -3.02. The molecule has 9 atom stereocenters. The third kappa shape index (κ3) is 6.39. The predicted molar refractivity (Wildman–Crippen MR) is 163 cm³/mol. The summed E-state index contributed by atoms with van der Waals surface area (Å²) in [7, 11) is 1.27. The van der Waals surface area contributed by atoms with Crippen LogP contribution in [0.25, 0.3) is 0 Å². The summed E-state index contributed by atoms with van der Waals surface area (Å²) < 4.78 is 11.5. The van der Waals surface area contributed by atoms with Gasteiger partial charge in [0.1, 0.15) is 18.2 Å². The molecule has 2 saturated heterocycles. The number of hydrogen-bond acceptors (Lipinski definition) is 7. The van der Waals surface area contributed by atoms with Crippen LogP contribution in [0.15, 0.2) is 60.7 Å². The lowest BCUT2D eigenvalue weighted by Crippen LogP contribution is -2.46. The number of carboxylic acid groups (broad SMARTS) is 1. The summed E-state index contributed by atoms with van der Waals surface area (Å²) in [5, 5.41) is 13.0. The van der Waals surface area contributed by atoms with E-state index in [2.05, 4.69) is 26.1 Å². The fourth-order valence-corrected chi connectivity index (χ4v) is 7.65. The van der Waals surface area contributed by atoms with Gasteiger partial charge in [-0.25, -0.2) is 4.79 Å². The number of amides is 1. The molecule has 0 unspecified atom stereocenters. The van der Waals surface area contributed by atoms with Gasteiger partial charge in [0.15, 0.2) is 0 Å². The molecule has 2 aliphatic heterocycles. The number of rotatable bonds is 8. The van der Waals surface area contributed by atoms with Crippen molar-refractivity contribution in [3.63, 3.8) is 0 Å². The van der Waals surface area contributed by atoms with Crippen molar-refractivity contribution in [1.82, 2.24) is 10.2 Å². The second kappa shape index (κ2) is 13.5. The highest BCUT2D eigenvalue weighted by Crippen LogP contribution is 2.46. The number of methoxy groups -OCH3 is 1. The van der Waals surface area contributed by atoms with Crippen molar-refractivity contribution in [3.8, 4) is 0 Å². The van der Waals surface area contributed by atoms with E-state index in [4.69, 9.17) is 9.47 Å². The molecule has 3 fully saturated rings. The highest BCUT2D eigenvalue weighted by Gasteiger charge is 2.55. The number of hydrogen-bond donors (Lipinski definition) is 2. The molecule has 1 amide bonds. The van der Waals surface area contributed by atoms with E-state index in [0.29, 0.717) is 17.4 Å². The van der Waals surface area contributed by atoms with Crippen molar-refractivity contribution in [2.75, 3.05) is 7.11 Å². The fraction of sp³-hybridized carbons (Fsp3) is 0.543. The largest absolute Gasteiger partial charge is 0.480 e. The quantitative estimate of drug-likeness (QED) is 0.407. The highest BCUT2D eigenvalue weighted by atomic mass is 16.5. The van der Waals surface area contributed by atoms with Crippen LogP contribution in [0.5, 0.6) is 0 Å². The normalized spacial score (nSPS) is 31.9. The van der Waals surface area contributed by atoms with Crippen molar-refractivity contribution in [2.45, 2.75) is 83.1 Å². The van der Waals surface area contributed by atoms with Gasteiger partial charge in [-0.1, -0.05) is 87.9 Å². The molecule has 0 spiro atoms. The van der Waals surface area contributed by atoms with Gasteiger partial charge in [0, 0.05) is 6.04 Å². The van der Waals surface area contributed by atoms with Crippen LogP contribution in [0.4, 0.5) is 0 Å². The number of nitrogens with zero attached hydrogens (tertiary/aromatic N) is 1. The van der Waals surface area contributed by atoms with E-state index in [1.54, 1.807) is 0 Å². The SMILES string of the molecule is COC(=O)[C@@H]1C[C@H](C(=O)O[C@@H]2C[C@H](C)CC[C@H]2C(C)C)[C@H](c2ccccc2)N1C(=O)[C@@H]1C[C@H](C(=O)O)N[C@@H]1c1ccccc1. The van der Waals surface area contributed by atoms with Crippen LogP contribution in [0.2, 0.25) is 0 Å². The summed E-state index contributed by atoms with van der Waals surface area (Å²) in [6.07, 6.45) is 2.73. The number of ether oxygens (including phenoxy) is 2. The second-order valence-corrected chi connectivity index (χ2v) is 13.1. The predicted octanol–water partition coefficient (Wildman–Crippen LogP) is 4.93. The Morgan fingerprint density at radius 1 is 0.864 bits per heavy atom. The Morgan fingerprint density at radius 2 is 1.50 bits per heavy atom. The number of carboxylic acids is 1. The average molecular weight is 605 g/mol. The first-order valence-electron chi connectivity index (χ1n) is 15.8. The number of carbonyl (C=O) groups is 4. The van der Waals surface area contributed by atoms with Crippen LogP contribution in [-0.4, -0.2) is 59.1 Å². The summed E-state index contributed by atoms with van der Waals surface area (Å²) in [5.41, 5.74) is 1.49. The maximum atomic E-state index is 14.7. The monoisotopic (exact) mass is 604 g/mol. The fourth-order valence-electron chi connectivity index (χ4n) is 7.65. The van der Waals surface area contributed by atoms with E-state index in [9.17, 15) is 24.3 Å². The van der Waals surface area contributed by atoms with Crippen LogP contribution < -0.4 is 5.32 Å². The number of benzene rings is 2. The number of aliphatic carboxylic acids is 1. The molecule has 0 aromatic heterocycles. The van der Waals surface area contributed by atoms with Crippen LogP contribution in [0.3, 0.4) is 0 Å². The van der Waals surface area contributed by atoms with Crippen LogP contribution in [0, 0.1) is 29.6 Å². The molecule has 5 rings (SSSR count). The van der Waals surface area contributed by atoms with E-state index < -0.39 is 53.9 Å². The van der Waals surface area contributed by atoms with Gasteiger partial charge in [-0.2, -0.15) is 0 Å². The van der Waals surface area contributed by atoms with Gasteiger partial charge in [-0.05, 0) is 54.6 Å². The standard InChI is InChI=1S/C35H44N2O7/c1-20(2)24-16-15-21(3)17-29(24)44-34(41)26-19-28(35(42)43-4)37(31(26)23-13-9-6-10-14-23)32(38)25-18-27(33(39)40)36-30(25)22-11-7-5-8-12-22/h5-14,20-21,24-31,36H,15-19H2,1-4H3,(H,39,40)/t21-,24+,25-,26+,27-,28+,29-,30-,31+/m1/s1. The third-order valence-electron chi connectivity index (χ3n) is 9.94. The zero-order chi connectivity index (χ0) is 31.5. The molecule has 3 aliphatic rings. The molecule has 2 aromatic rings. The third-order valence-corrected chi connectivity index (χ3v) is 9.94. The minimum atomic E-state index is -1.05. The number of likely N-dealkylation sites (tertiary alicyclic amines) is 1. The van der Waals surface area contributed by atoms with Gasteiger partial charge in [-0.15, -0.1) is 0 Å². The molecule has 0 radical (unpaired) electrons. The number of esters is 2. The van der Waals surface area contributed by atoms with Gasteiger partial charge in [0.25, 0.3) is 0 Å². The molecule has 2 aromatic carbocycles. The highest BCUT2D eigenvalue weighted by molar-refractivity contribution is 5.91. The molecule has 9 heteroatoms. The van der Waals surface area contributed by atoms with Gasteiger partial charge in [-0.3, -0.25) is 19.7 Å². The Balaban J connectivity index is 1.53. The lowest BCUT2D eigenvalue weighted by molar-refractivity contribution is -0.162. The molecule has 1 aliphatic carbocycles. The molecule has 236 valence electrons. The summed E-state index contributed by atoms with van der Waals surface area (Å²) in [6, 6.07) is 15.2. The topological polar surface area (TPSA) is 122 Å². The molecular formula is C35H44N2O7. The van der Waals surface area contributed by atoms with Gasteiger partial charge in [0.2, 0.25) is 5.91 Å². The molecule has 0 bridgehead atoms. The maximum absolute atomic E-state index is 14.7. The van der Waals surface area contributed by atoms with E-state index in [0.717, 1.165) is 24.8 Å². The summed E-state index contributed by atoms with van der Waals surface area (Å²) in [4.78, 5) is 55.7. The molecule has 9 nitrogen and oxygen atoms in total. The first kappa shape index (κ1) is 31.7. The van der Waals surface area contributed by atoms with E-state index >= 15 is 0 Å². The van der Waals surface area contributed by atoms with Gasteiger partial charge < -0.3 is 19.5 Å². The lowest BCUT2D eigenvalue weighted by atomic mass is 9.75. The van der Waals surface area contributed by atoms with E-state index in [1.807, 2.05) is 60.7 Å². The number of nitrogens with one attached hydrogen (secondary N) is 1. The minimum Gasteiger partial charge on any atom is -0.480 e. The maximum Gasteiger partial charge on any atom is 0.328 e. The van der Waals surface area contributed by atoms with Crippen molar-refractivity contribution >= 4 is 23.8 Å². The molecular weight excluding hydrogens is 560 g/mol. The van der Waals surface area contributed by atoms with Crippen molar-refractivity contribution in [2.24, 2.45) is 29.6 Å². The van der Waals surface area contributed by atoms with E-state index in [1.165, 1.54) is 12.0 Å². The van der Waals surface area contributed by atoms with Crippen LogP contribution >= 0.6 is 0 Å². The Morgan fingerprint density at radius 3 is 2.09 bits per heavy atom. The van der Waals surface area contributed by atoms with Gasteiger partial charge in [0.05, 0.1) is 25.0 Å².